The first-order valence-corrected chi connectivity index (χ1v) is 6.46. The second-order valence-corrected chi connectivity index (χ2v) is 5.05. The molecule has 2 rings (SSSR count). The van der Waals surface area contributed by atoms with Crippen molar-refractivity contribution >= 4 is 17.5 Å². The maximum absolute atomic E-state index is 12.0. The highest BCUT2D eigenvalue weighted by Gasteiger charge is 2.15. The molecule has 0 radical (unpaired) electrons. The second-order valence-electron chi connectivity index (χ2n) is 4.65. The largest absolute Gasteiger partial charge is 0.349 e. The number of aryl methyl sites for hydroxylation is 1. The Morgan fingerprint density at radius 1 is 1.37 bits per heavy atom. The van der Waals surface area contributed by atoms with Crippen molar-refractivity contribution in [3.63, 3.8) is 0 Å². The van der Waals surface area contributed by atoms with Crippen LogP contribution in [0.2, 0.25) is 5.02 Å². The summed E-state index contributed by atoms with van der Waals surface area (Å²) in [5.41, 5.74) is 2.04. The quantitative estimate of drug-likeness (QED) is 0.938. The van der Waals surface area contributed by atoms with E-state index < -0.39 is 0 Å². The summed E-state index contributed by atoms with van der Waals surface area (Å²) in [6, 6.07) is 9.28. The van der Waals surface area contributed by atoms with Gasteiger partial charge in [-0.15, -0.1) is 0 Å². The number of benzene rings is 1. The first-order chi connectivity index (χ1) is 8.99. The molecular weight excluding hydrogens is 262 g/mol. The number of halogens is 1. The van der Waals surface area contributed by atoms with Crippen LogP contribution in [0.25, 0.3) is 11.3 Å². The van der Waals surface area contributed by atoms with E-state index >= 15 is 0 Å². The van der Waals surface area contributed by atoms with Gasteiger partial charge in [0.1, 0.15) is 5.69 Å². The Kier molecular flexibility index (Phi) is 3.90. The van der Waals surface area contributed by atoms with Gasteiger partial charge in [-0.25, -0.2) is 0 Å². The fourth-order valence-corrected chi connectivity index (χ4v) is 2.05. The minimum absolute atomic E-state index is 0.0890. The van der Waals surface area contributed by atoms with Gasteiger partial charge in [0.2, 0.25) is 0 Å². The number of nitrogens with one attached hydrogen (secondary N) is 1. The number of hydrogen-bond acceptors (Lipinski definition) is 2. The molecule has 0 unspecified atom stereocenters. The molecule has 0 spiro atoms. The van der Waals surface area contributed by atoms with Crippen molar-refractivity contribution in [2.75, 3.05) is 0 Å². The summed E-state index contributed by atoms with van der Waals surface area (Å²) in [5.74, 6) is -0.136. The zero-order valence-electron chi connectivity index (χ0n) is 11.1. The number of nitrogens with zero attached hydrogens (tertiary/aromatic N) is 2. The summed E-state index contributed by atoms with van der Waals surface area (Å²) in [5, 5.41) is 7.81. The van der Waals surface area contributed by atoms with Gasteiger partial charge in [0, 0.05) is 18.7 Å². The summed E-state index contributed by atoms with van der Waals surface area (Å²) < 4.78 is 1.57. The molecule has 0 aliphatic carbocycles. The Bertz CT molecular complexity index is 604. The van der Waals surface area contributed by atoms with E-state index in [1.165, 1.54) is 0 Å². The highest BCUT2D eigenvalue weighted by Crippen LogP contribution is 2.26. The van der Waals surface area contributed by atoms with E-state index in [1.807, 2.05) is 32.0 Å². The molecule has 19 heavy (non-hydrogen) atoms. The Balaban J connectivity index is 2.37. The highest BCUT2D eigenvalue weighted by molar-refractivity contribution is 6.33. The van der Waals surface area contributed by atoms with Gasteiger partial charge in [-0.2, -0.15) is 5.10 Å². The van der Waals surface area contributed by atoms with Gasteiger partial charge < -0.3 is 5.32 Å². The van der Waals surface area contributed by atoms with E-state index in [0.29, 0.717) is 16.4 Å². The molecule has 4 nitrogen and oxygen atoms in total. The molecule has 100 valence electrons. The predicted octanol–water partition coefficient (Wildman–Crippen LogP) is 2.88. The third-order valence-electron chi connectivity index (χ3n) is 2.68. The summed E-state index contributed by atoms with van der Waals surface area (Å²) in [6.45, 7) is 3.84. The van der Waals surface area contributed by atoms with Gasteiger partial charge in [-0.3, -0.25) is 9.48 Å². The minimum Gasteiger partial charge on any atom is -0.349 e. The molecule has 0 bridgehead atoms. The lowest BCUT2D eigenvalue weighted by molar-refractivity contribution is 0.0933. The van der Waals surface area contributed by atoms with Crippen LogP contribution >= 0.6 is 11.6 Å². The van der Waals surface area contributed by atoms with Crippen molar-refractivity contribution in [2.45, 2.75) is 19.9 Å². The smallest absolute Gasteiger partial charge is 0.269 e. The van der Waals surface area contributed by atoms with Gasteiger partial charge in [-0.1, -0.05) is 29.8 Å². The van der Waals surface area contributed by atoms with Crippen molar-refractivity contribution < 1.29 is 4.79 Å². The van der Waals surface area contributed by atoms with Crippen LogP contribution in [0.3, 0.4) is 0 Å². The lowest BCUT2D eigenvalue weighted by Crippen LogP contribution is -2.31. The SMILES string of the molecule is CC(C)NC(=O)c1cc(-c2ccccc2Cl)nn1C. The molecule has 0 saturated heterocycles. The molecule has 5 heteroatoms. The van der Waals surface area contributed by atoms with Crippen molar-refractivity contribution in [2.24, 2.45) is 7.05 Å². The lowest BCUT2D eigenvalue weighted by atomic mass is 10.1. The van der Waals surface area contributed by atoms with Crippen LogP contribution in [0.5, 0.6) is 0 Å². The Morgan fingerprint density at radius 2 is 2.05 bits per heavy atom. The standard InChI is InChI=1S/C14H16ClN3O/c1-9(2)16-14(19)13-8-12(17-18(13)3)10-6-4-5-7-11(10)15/h4-9H,1-3H3,(H,16,19). The molecule has 1 N–H and O–H groups in total. The molecular formula is C14H16ClN3O. The van der Waals surface area contributed by atoms with E-state index in [-0.39, 0.29) is 11.9 Å². The molecule has 0 aliphatic rings. The number of rotatable bonds is 3. The van der Waals surface area contributed by atoms with Crippen LogP contribution in [-0.4, -0.2) is 21.7 Å². The van der Waals surface area contributed by atoms with Gasteiger partial charge in [0.05, 0.1) is 10.7 Å². The molecule has 1 heterocycles. The highest BCUT2D eigenvalue weighted by atomic mass is 35.5. The van der Waals surface area contributed by atoms with E-state index in [0.717, 1.165) is 5.56 Å². The van der Waals surface area contributed by atoms with Crippen molar-refractivity contribution in [1.82, 2.24) is 15.1 Å². The van der Waals surface area contributed by atoms with Gasteiger partial charge >= 0.3 is 0 Å². The van der Waals surface area contributed by atoms with Crippen LogP contribution < -0.4 is 5.32 Å². The molecule has 1 amide bonds. The predicted molar refractivity (Wildman–Crippen MR) is 76.3 cm³/mol. The van der Waals surface area contributed by atoms with Crippen molar-refractivity contribution in [1.29, 1.82) is 0 Å². The fraction of sp³-hybridized carbons (Fsp3) is 0.286. The summed E-state index contributed by atoms with van der Waals surface area (Å²) in [6.07, 6.45) is 0. The van der Waals surface area contributed by atoms with Crippen LogP contribution in [0, 0.1) is 0 Å². The number of aromatic nitrogens is 2. The Labute approximate surface area is 117 Å². The van der Waals surface area contributed by atoms with E-state index in [1.54, 1.807) is 23.9 Å². The molecule has 0 atom stereocenters. The summed E-state index contributed by atoms with van der Waals surface area (Å²) >= 11 is 6.13. The Hall–Kier alpha value is -1.81. The maximum atomic E-state index is 12.0. The molecule has 2 aromatic rings. The molecule has 0 saturated carbocycles. The van der Waals surface area contributed by atoms with Gasteiger partial charge in [-0.05, 0) is 26.0 Å². The normalized spacial score (nSPS) is 10.8. The number of carbonyl (C=O) groups is 1. The third kappa shape index (κ3) is 2.96. The van der Waals surface area contributed by atoms with Gasteiger partial charge in [0.25, 0.3) is 5.91 Å². The number of carbonyl (C=O) groups excluding carboxylic acids is 1. The fourth-order valence-electron chi connectivity index (χ4n) is 1.82. The average Bonchev–Trinajstić information content (AvgIpc) is 2.71. The first-order valence-electron chi connectivity index (χ1n) is 6.09. The van der Waals surface area contributed by atoms with E-state index in [4.69, 9.17) is 11.6 Å². The minimum atomic E-state index is -0.136. The average molecular weight is 278 g/mol. The van der Waals surface area contributed by atoms with Gasteiger partial charge in [0.15, 0.2) is 0 Å². The third-order valence-corrected chi connectivity index (χ3v) is 3.01. The molecule has 1 aromatic carbocycles. The maximum Gasteiger partial charge on any atom is 0.269 e. The summed E-state index contributed by atoms with van der Waals surface area (Å²) in [7, 11) is 1.75. The van der Waals surface area contributed by atoms with Crippen LogP contribution in [0.4, 0.5) is 0 Å². The van der Waals surface area contributed by atoms with Crippen LogP contribution in [0.1, 0.15) is 24.3 Å². The van der Waals surface area contributed by atoms with Crippen molar-refractivity contribution in [3.8, 4) is 11.3 Å². The lowest BCUT2D eigenvalue weighted by Gasteiger charge is -2.07. The zero-order valence-corrected chi connectivity index (χ0v) is 11.9. The molecule has 0 fully saturated rings. The van der Waals surface area contributed by atoms with Crippen molar-refractivity contribution in [3.05, 3.63) is 41.0 Å². The van der Waals surface area contributed by atoms with Crippen LogP contribution in [-0.2, 0) is 7.05 Å². The monoisotopic (exact) mass is 277 g/mol. The first kappa shape index (κ1) is 13.6. The van der Waals surface area contributed by atoms with E-state index in [2.05, 4.69) is 10.4 Å². The second kappa shape index (κ2) is 5.45. The molecule has 0 aliphatic heterocycles. The zero-order chi connectivity index (χ0) is 14.0. The van der Waals surface area contributed by atoms with E-state index in [9.17, 15) is 4.79 Å². The molecule has 1 aromatic heterocycles. The number of amides is 1. The number of hydrogen-bond donors (Lipinski definition) is 1. The summed E-state index contributed by atoms with van der Waals surface area (Å²) in [4.78, 5) is 12.0. The topological polar surface area (TPSA) is 46.9 Å². The Morgan fingerprint density at radius 3 is 2.68 bits per heavy atom. The van der Waals surface area contributed by atoms with Crippen LogP contribution in [0.15, 0.2) is 30.3 Å².